The second-order valence-corrected chi connectivity index (χ2v) is 7.71. The second-order valence-electron chi connectivity index (χ2n) is 7.71. The third-order valence-electron chi connectivity index (χ3n) is 6.75. The van der Waals surface area contributed by atoms with E-state index in [1.165, 1.54) is 0 Å². The molecule has 7 unspecified atom stereocenters. The molecule has 5 nitrogen and oxygen atoms in total. The Morgan fingerprint density at radius 3 is 2.23 bits per heavy atom. The maximum Gasteiger partial charge on any atom is 0.101 e. The van der Waals surface area contributed by atoms with Crippen LogP contribution >= 0.6 is 0 Å². The summed E-state index contributed by atoms with van der Waals surface area (Å²) in [5, 5.41) is 42.6. The van der Waals surface area contributed by atoms with Crippen LogP contribution in [-0.2, 0) is 0 Å². The van der Waals surface area contributed by atoms with Gasteiger partial charge in [0.1, 0.15) is 5.60 Å². The molecule has 22 heavy (non-hydrogen) atoms. The Kier molecular flexibility index (Phi) is 4.32. The molecule has 0 saturated heterocycles. The zero-order chi connectivity index (χ0) is 16.1. The number of hydrogen-bond donors (Lipinski definition) is 4. The van der Waals surface area contributed by atoms with Gasteiger partial charge in [0.25, 0.3) is 0 Å². The van der Waals surface area contributed by atoms with E-state index in [1.807, 2.05) is 0 Å². The number of aliphatic hydroxyl groups is 4. The average Bonchev–Trinajstić information content (AvgIpc) is 2.69. The van der Waals surface area contributed by atoms with Crippen molar-refractivity contribution < 1.29 is 20.4 Å². The smallest absolute Gasteiger partial charge is 0.101 e. The monoisotopic (exact) mass is 313 g/mol. The molecular weight excluding hydrogens is 282 g/mol. The van der Waals surface area contributed by atoms with E-state index in [9.17, 15) is 20.4 Å². The van der Waals surface area contributed by atoms with Gasteiger partial charge in [-0.1, -0.05) is 20.3 Å². The van der Waals surface area contributed by atoms with Gasteiger partial charge in [-0.2, -0.15) is 0 Å². The summed E-state index contributed by atoms with van der Waals surface area (Å²) in [4.78, 5) is 2.39. The summed E-state index contributed by atoms with van der Waals surface area (Å²) in [5.74, 6) is 0.278. The van der Waals surface area contributed by atoms with Crippen LogP contribution in [0.4, 0.5) is 0 Å². The molecule has 128 valence electrons. The molecule has 0 aromatic rings. The molecule has 0 bridgehead atoms. The second kappa shape index (κ2) is 5.71. The van der Waals surface area contributed by atoms with Crippen LogP contribution in [0.1, 0.15) is 52.4 Å². The average molecular weight is 313 g/mol. The fourth-order valence-electron chi connectivity index (χ4n) is 5.75. The van der Waals surface area contributed by atoms with Crippen molar-refractivity contribution in [1.82, 2.24) is 4.90 Å². The Morgan fingerprint density at radius 1 is 0.955 bits per heavy atom. The lowest BCUT2D eigenvalue weighted by Crippen LogP contribution is -2.65. The Morgan fingerprint density at radius 2 is 1.59 bits per heavy atom. The van der Waals surface area contributed by atoms with Crippen LogP contribution < -0.4 is 0 Å². The van der Waals surface area contributed by atoms with Gasteiger partial charge in [-0.3, -0.25) is 0 Å². The van der Waals surface area contributed by atoms with Crippen molar-refractivity contribution in [2.24, 2.45) is 11.8 Å². The SMILES string of the molecule is CCN(CC)C1CCCC2CC3(O)CC(O)C(O)CC3(O)C21. The van der Waals surface area contributed by atoms with Crippen LogP contribution in [0.25, 0.3) is 0 Å². The highest BCUT2D eigenvalue weighted by molar-refractivity contribution is 5.20. The van der Waals surface area contributed by atoms with Crippen molar-refractivity contribution in [3.63, 3.8) is 0 Å². The largest absolute Gasteiger partial charge is 0.390 e. The summed E-state index contributed by atoms with van der Waals surface area (Å²) >= 11 is 0. The van der Waals surface area contributed by atoms with Crippen LogP contribution in [0.2, 0.25) is 0 Å². The molecule has 3 aliphatic carbocycles. The Bertz CT molecular complexity index is 415. The normalized spacial score (nSPS) is 51.7. The van der Waals surface area contributed by atoms with Gasteiger partial charge < -0.3 is 25.3 Å². The van der Waals surface area contributed by atoms with Crippen molar-refractivity contribution in [3.05, 3.63) is 0 Å². The molecule has 0 radical (unpaired) electrons. The molecule has 0 aliphatic heterocycles. The summed E-state index contributed by atoms with van der Waals surface area (Å²) in [6, 6.07) is 0.259. The molecule has 0 aromatic carbocycles. The Hall–Kier alpha value is -0.200. The molecule has 3 rings (SSSR count). The number of rotatable bonds is 3. The molecule has 0 aromatic heterocycles. The lowest BCUT2D eigenvalue weighted by Gasteiger charge is -2.52. The van der Waals surface area contributed by atoms with Crippen molar-refractivity contribution in [3.8, 4) is 0 Å². The molecule has 3 fully saturated rings. The Balaban J connectivity index is 1.96. The van der Waals surface area contributed by atoms with Crippen LogP contribution in [0.15, 0.2) is 0 Å². The van der Waals surface area contributed by atoms with E-state index >= 15 is 0 Å². The quantitative estimate of drug-likeness (QED) is 0.610. The fraction of sp³-hybridized carbons (Fsp3) is 1.00. The molecule has 4 N–H and O–H groups in total. The lowest BCUT2D eigenvalue weighted by atomic mass is 9.64. The third kappa shape index (κ3) is 2.25. The van der Waals surface area contributed by atoms with Gasteiger partial charge >= 0.3 is 0 Å². The molecule has 0 amide bonds. The van der Waals surface area contributed by atoms with Gasteiger partial charge in [-0.25, -0.2) is 0 Å². The lowest BCUT2D eigenvalue weighted by molar-refractivity contribution is -0.227. The predicted octanol–water partition coefficient (Wildman–Crippen LogP) is 0.495. The summed E-state index contributed by atoms with van der Waals surface area (Å²) in [5.41, 5.74) is -2.53. The standard InChI is InChI=1S/C17H31NO4/c1-3-18(4-2)12-7-5-6-11-8-16(21)9-13(19)14(20)10-17(16,22)15(11)12/h11-15,19-22H,3-10H2,1-2H3. The van der Waals surface area contributed by atoms with E-state index in [0.29, 0.717) is 6.42 Å². The summed E-state index contributed by atoms with van der Waals surface area (Å²) < 4.78 is 0. The van der Waals surface area contributed by atoms with Crippen molar-refractivity contribution in [1.29, 1.82) is 0 Å². The molecule has 0 heterocycles. The first-order valence-corrected chi connectivity index (χ1v) is 8.91. The third-order valence-corrected chi connectivity index (χ3v) is 6.75. The summed E-state index contributed by atoms with van der Waals surface area (Å²) in [6.45, 7) is 6.14. The highest BCUT2D eigenvalue weighted by Gasteiger charge is 2.68. The van der Waals surface area contributed by atoms with Gasteiger partial charge in [0, 0.05) is 24.8 Å². The van der Waals surface area contributed by atoms with E-state index < -0.39 is 23.4 Å². The minimum atomic E-state index is -1.27. The molecule has 7 atom stereocenters. The Labute approximate surface area is 132 Å². The van der Waals surface area contributed by atoms with Gasteiger partial charge in [0.2, 0.25) is 0 Å². The van der Waals surface area contributed by atoms with Crippen LogP contribution in [-0.4, -0.2) is 67.9 Å². The molecule has 3 aliphatic rings. The molecular formula is C17H31NO4. The van der Waals surface area contributed by atoms with Crippen molar-refractivity contribution >= 4 is 0 Å². The number of hydrogen-bond acceptors (Lipinski definition) is 5. The van der Waals surface area contributed by atoms with Gasteiger partial charge in [0.15, 0.2) is 0 Å². The van der Waals surface area contributed by atoms with E-state index in [0.717, 1.165) is 32.4 Å². The zero-order valence-corrected chi connectivity index (χ0v) is 13.8. The topological polar surface area (TPSA) is 84.2 Å². The van der Waals surface area contributed by atoms with Crippen LogP contribution in [0.3, 0.4) is 0 Å². The minimum Gasteiger partial charge on any atom is -0.390 e. The summed E-state index contributed by atoms with van der Waals surface area (Å²) in [7, 11) is 0. The highest BCUT2D eigenvalue weighted by Crippen LogP contribution is 2.59. The van der Waals surface area contributed by atoms with E-state index in [-0.39, 0.29) is 30.7 Å². The molecule has 3 saturated carbocycles. The summed E-state index contributed by atoms with van der Waals surface area (Å²) in [6.07, 6.45) is 2.04. The fourth-order valence-corrected chi connectivity index (χ4v) is 5.75. The maximum absolute atomic E-state index is 11.4. The van der Waals surface area contributed by atoms with Crippen molar-refractivity contribution in [2.45, 2.75) is 81.8 Å². The molecule has 0 spiro atoms. The van der Waals surface area contributed by atoms with Gasteiger partial charge in [-0.15, -0.1) is 0 Å². The molecule has 5 heteroatoms. The first-order valence-electron chi connectivity index (χ1n) is 8.91. The predicted molar refractivity (Wildman–Crippen MR) is 83.3 cm³/mol. The van der Waals surface area contributed by atoms with E-state index in [2.05, 4.69) is 18.7 Å². The highest BCUT2D eigenvalue weighted by atomic mass is 16.4. The first kappa shape index (κ1) is 16.7. The minimum absolute atomic E-state index is 0.00620. The van der Waals surface area contributed by atoms with Crippen molar-refractivity contribution in [2.75, 3.05) is 13.1 Å². The maximum atomic E-state index is 11.4. The number of nitrogens with zero attached hydrogens (tertiary/aromatic N) is 1. The van der Waals surface area contributed by atoms with Crippen LogP contribution in [0, 0.1) is 11.8 Å². The van der Waals surface area contributed by atoms with E-state index in [4.69, 9.17) is 0 Å². The van der Waals surface area contributed by atoms with Gasteiger partial charge in [0.05, 0.1) is 17.8 Å². The first-order chi connectivity index (χ1) is 10.4. The van der Waals surface area contributed by atoms with Gasteiger partial charge in [-0.05, 0) is 38.3 Å². The van der Waals surface area contributed by atoms with Crippen LogP contribution in [0.5, 0.6) is 0 Å². The number of aliphatic hydroxyl groups excluding tert-OH is 2. The number of fused-ring (bicyclic) bond motifs is 3. The van der Waals surface area contributed by atoms with E-state index in [1.54, 1.807) is 0 Å². The zero-order valence-electron chi connectivity index (χ0n) is 13.8.